The SMILES string of the molecule is O=C(Cc1ccc(-c2ccccc2)cc1)NNC(=O)c1cccs1. The molecule has 0 fully saturated rings. The van der Waals surface area contributed by atoms with Crippen molar-refractivity contribution in [2.45, 2.75) is 6.42 Å². The van der Waals surface area contributed by atoms with Gasteiger partial charge in [0.05, 0.1) is 11.3 Å². The van der Waals surface area contributed by atoms with Gasteiger partial charge >= 0.3 is 0 Å². The number of hydrogen-bond donors (Lipinski definition) is 2. The zero-order valence-electron chi connectivity index (χ0n) is 12.9. The monoisotopic (exact) mass is 336 g/mol. The second-order valence-electron chi connectivity index (χ2n) is 5.22. The van der Waals surface area contributed by atoms with E-state index in [1.165, 1.54) is 11.3 Å². The van der Waals surface area contributed by atoms with Gasteiger partial charge in [0.25, 0.3) is 5.91 Å². The largest absolute Gasteiger partial charge is 0.279 e. The molecular weight excluding hydrogens is 320 g/mol. The lowest BCUT2D eigenvalue weighted by Crippen LogP contribution is -2.42. The van der Waals surface area contributed by atoms with Crippen molar-refractivity contribution in [1.29, 1.82) is 0 Å². The summed E-state index contributed by atoms with van der Waals surface area (Å²) < 4.78 is 0. The van der Waals surface area contributed by atoms with Gasteiger partial charge < -0.3 is 0 Å². The van der Waals surface area contributed by atoms with Crippen LogP contribution in [0.15, 0.2) is 72.1 Å². The molecule has 2 aromatic carbocycles. The quantitative estimate of drug-likeness (QED) is 0.717. The lowest BCUT2D eigenvalue weighted by molar-refractivity contribution is -0.121. The van der Waals surface area contributed by atoms with Gasteiger partial charge in [-0.1, -0.05) is 60.7 Å². The van der Waals surface area contributed by atoms with Gasteiger partial charge in [0.1, 0.15) is 0 Å². The van der Waals surface area contributed by atoms with E-state index in [9.17, 15) is 9.59 Å². The molecule has 1 aromatic heterocycles. The minimum atomic E-state index is -0.308. The molecule has 0 spiro atoms. The van der Waals surface area contributed by atoms with Crippen LogP contribution in [0.5, 0.6) is 0 Å². The van der Waals surface area contributed by atoms with Crippen LogP contribution in [-0.2, 0) is 11.2 Å². The smallest absolute Gasteiger partial charge is 0.273 e. The maximum Gasteiger partial charge on any atom is 0.279 e. The fourth-order valence-corrected chi connectivity index (χ4v) is 2.89. The van der Waals surface area contributed by atoms with Crippen molar-refractivity contribution >= 4 is 23.2 Å². The normalized spacial score (nSPS) is 10.2. The highest BCUT2D eigenvalue weighted by Crippen LogP contribution is 2.19. The average molecular weight is 336 g/mol. The summed E-state index contributed by atoms with van der Waals surface area (Å²) in [4.78, 5) is 24.2. The number of carbonyl (C=O) groups excluding carboxylic acids is 2. The highest BCUT2D eigenvalue weighted by molar-refractivity contribution is 7.12. The maximum absolute atomic E-state index is 11.9. The molecule has 120 valence electrons. The van der Waals surface area contributed by atoms with E-state index in [-0.39, 0.29) is 18.2 Å². The van der Waals surface area contributed by atoms with E-state index in [1.54, 1.807) is 12.1 Å². The van der Waals surface area contributed by atoms with Crippen molar-refractivity contribution in [3.8, 4) is 11.1 Å². The Morgan fingerprint density at radius 1 is 0.792 bits per heavy atom. The molecule has 2 N–H and O–H groups in total. The van der Waals surface area contributed by atoms with Crippen molar-refractivity contribution < 1.29 is 9.59 Å². The van der Waals surface area contributed by atoms with Crippen molar-refractivity contribution in [3.63, 3.8) is 0 Å². The number of benzene rings is 2. The van der Waals surface area contributed by atoms with Crippen LogP contribution in [-0.4, -0.2) is 11.8 Å². The van der Waals surface area contributed by atoms with Gasteiger partial charge in [0.15, 0.2) is 0 Å². The number of amides is 2. The summed E-state index contributed by atoms with van der Waals surface area (Å²) >= 11 is 1.32. The third-order valence-electron chi connectivity index (χ3n) is 3.49. The number of rotatable bonds is 4. The van der Waals surface area contributed by atoms with E-state index in [4.69, 9.17) is 0 Å². The average Bonchev–Trinajstić information content (AvgIpc) is 3.16. The summed E-state index contributed by atoms with van der Waals surface area (Å²) in [7, 11) is 0. The second kappa shape index (κ2) is 7.57. The predicted molar refractivity (Wildman–Crippen MR) is 95.5 cm³/mol. The summed E-state index contributed by atoms with van der Waals surface area (Å²) in [5.74, 6) is -0.565. The molecule has 24 heavy (non-hydrogen) atoms. The van der Waals surface area contributed by atoms with E-state index >= 15 is 0 Å². The van der Waals surface area contributed by atoms with Gasteiger partial charge in [-0.3, -0.25) is 20.4 Å². The third-order valence-corrected chi connectivity index (χ3v) is 4.35. The van der Waals surface area contributed by atoms with Crippen LogP contribution in [0.3, 0.4) is 0 Å². The topological polar surface area (TPSA) is 58.2 Å². The zero-order chi connectivity index (χ0) is 16.8. The molecule has 2 amide bonds. The van der Waals surface area contributed by atoms with Crippen molar-refractivity contribution in [3.05, 3.63) is 82.6 Å². The molecule has 4 nitrogen and oxygen atoms in total. The molecule has 5 heteroatoms. The fourth-order valence-electron chi connectivity index (χ4n) is 2.27. The fraction of sp³-hybridized carbons (Fsp3) is 0.0526. The number of thiophene rings is 1. The Balaban J connectivity index is 1.54. The van der Waals surface area contributed by atoms with E-state index in [2.05, 4.69) is 10.9 Å². The first-order chi connectivity index (χ1) is 11.7. The minimum absolute atomic E-state index is 0.208. The third kappa shape index (κ3) is 4.08. The number of nitrogens with one attached hydrogen (secondary N) is 2. The van der Waals surface area contributed by atoms with Crippen LogP contribution in [0.1, 0.15) is 15.2 Å². The van der Waals surface area contributed by atoms with Crippen LogP contribution in [0, 0.1) is 0 Å². The summed E-state index contributed by atoms with van der Waals surface area (Å²) in [6.45, 7) is 0. The lowest BCUT2D eigenvalue weighted by Gasteiger charge is -2.07. The summed E-state index contributed by atoms with van der Waals surface area (Å²) in [5, 5.41) is 1.81. The Morgan fingerprint density at radius 3 is 2.17 bits per heavy atom. The first-order valence-electron chi connectivity index (χ1n) is 7.49. The Morgan fingerprint density at radius 2 is 1.50 bits per heavy atom. The van der Waals surface area contributed by atoms with E-state index in [0.29, 0.717) is 4.88 Å². The summed E-state index contributed by atoms with van der Waals surface area (Å²) in [6, 6.07) is 21.4. The molecule has 0 saturated heterocycles. The van der Waals surface area contributed by atoms with Gasteiger partial charge in [-0.2, -0.15) is 0 Å². The van der Waals surface area contributed by atoms with Crippen LogP contribution in [0.25, 0.3) is 11.1 Å². The predicted octanol–water partition coefficient (Wildman–Crippen LogP) is 3.42. The standard InChI is InChI=1S/C19H16N2O2S/c22-18(20-21-19(23)17-7-4-12-24-17)13-14-8-10-16(11-9-14)15-5-2-1-3-6-15/h1-12H,13H2,(H,20,22)(H,21,23). The molecule has 0 saturated carbocycles. The van der Waals surface area contributed by atoms with E-state index < -0.39 is 0 Å². The molecular formula is C19H16N2O2S. The molecule has 3 rings (SSSR count). The Bertz CT molecular complexity index is 812. The van der Waals surface area contributed by atoms with Crippen LogP contribution in [0.4, 0.5) is 0 Å². The van der Waals surface area contributed by atoms with Gasteiger partial charge in [0.2, 0.25) is 5.91 Å². The molecule has 0 unspecified atom stereocenters. The van der Waals surface area contributed by atoms with E-state index in [0.717, 1.165) is 16.7 Å². The minimum Gasteiger partial charge on any atom is -0.273 e. The van der Waals surface area contributed by atoms with Crippen molar-refractivity contribution in [2.24, 2.45) is 0 Å². The molecule has 0 aliphatic carbocycles. The molecule has 0 bridgehead atoms. The summed E-state index contributed by atoms with van der Waals surface area (Å²) in [5.41, 5.74) is 7.97. The van der Waals surface area contributed by atoms with Crippen LogP contribution >= 0.6 is 11.3 Å². The van der Waals surface area contributed by atoms with Gasteiger partial charge in [-0.25, -0.2) is 0 Å². The molecule has 0 atom stereocenters. The highest BCUT2D eigenvalue weighted by Gasteiger charge is 2.08. The van der Waals surface area contributed by atoms with Gasteiger partial charge in [-0.15, -0.1) is 11.3 Å². The Hall–Kier alpha value is -2.92. The lowest BCUT2D eigenvalue weighted by atomic mass is 10.0. The Labute approximate surface area is 144 Å². The molecule has 1 heterocycles. The summed E-state index contributed by atoms with van der Waals surface area (Å²) in [6.07, 6.45) is 0.208. The van der Waals surface area contributed by atoms with E-state index in [1.807, 2.05) is 60.0 Å². The maximum atomic E-state index is 11.9. The molecule has 0 aliphatic heterocycles. The van der Waals surface area contributed by atoms with Crippen LogP contribution < -0.4 is 10.9 Å². The first kappa shape index (κ1) is 16.0. The molecule has 3 aromatic rings. The number of carbonyl (C=O) groups is 2. The highest BCUT2D eigenvalue weighted by atomic mass is 32.1. The van der Waals surface area contributed by atoms with Crippen molar-refractivity contribution in [2.75, 3.05) is 0 Å². The number of hydrogen-bond acceptors (Lipinski definition) is 3. The zero-order valence-corrected chi connectivity index (χ0v) is 13.7. The van der Waals surface area contributed by atoms with Gasteiger partial charge in [-0.05, 0) is 28.1 Å². The Kier molecular flexibility index (Phi) is 5.03. The number of hydrazine groups is 1. The van der Waals surface area contributed by atoms with Gasteiger partial charge in [0, 0.05) is 0 Å². The second-order valence-corrected chi connectivity index (χ2v) is 6.17. The first-order valence-corrected chi connectivity index (χ1v) is 8.37. The van der Waals surface area contributed by atoms with Crippen molar-refractivity contribution in [1.82, 2.24) is 10.9 Å². The molecule has 0 radical (unpaired) electrons. The molecule has 0 aliphatic rings. The van der Waals surface area contributed by atoms with Crippen LogP contribution in [0.2, 0.25) is 0 Å².